The normalized spacial score (nSPS) is 10.7. The second-order valence-corrected chi connectivity index (χ2v) is 5.74. The van der Waals surface area contributed by atoms with E-state index < -0.39 is 0 Å². The quantitative estimate of drug-likeness (QED) is 0.754. The molecule has 1 N–H and O–H groups in total. The highest BCUT2D eigenvalue weighted by atomic mass is 19.1. The first kappa shape index (κ1) is 17.4. The van der Waals surface area contributed by atoms with E-state index in [-0.39, 0.29) is 5.82 Å². The van der Waals surface area contributed by atoms with E-state index in [0.29, 0.717) is 6.54 Å². The highest BCUT2D eigenvalue weighted by Crippen LogP contribution is 2.22. The molecule has 0 saturated heterocycles. The first-order valence-electron chi connectivity index (χ1n) is 8.37. The Kier molecular flexibility index (Phi) is 7.01. The van der Waals surface area contributed by atoms with Gasteiger partial charge in [0.1, 0.15) is 5.82 Å². The highest BCUT2D eigenvalue weighted by molar-refractivity contribution is 5.50. The molecule has 1 aromatic heterocycles. The molecule has 1 aromatic carbocycles. The number of anilines is 1. The Morgan fingerprint density at radius 1 is 1.04 bits per heavy atom. The highest BCUT2D eigenvalue weighted by Gasteiger charge is 2.11. The Balaban J connectivity index is 2.01. The van der Waals surface area contributed by atoms with Gasteiger partial charge in [0, 0.05) is 38.6 Å². The number of pyridine rings is 1. The minimum absolute atomic E-state index is 0.136. The van der Waals surface area contributed by atoms with Crippen LogP contribution in [-0.2, 0) is 13.1 Å². The first-order chi connectivity index (χ1) is 11.2. The number of halogens is 1. The summed E-state index contributed by atoms with van der Waals surface area (Å²) in [6, 6.07) is 9.37. The number of aromatic nitrogens is 1. The van der Waals surface area contributed by atoms with Crippen molar-refractivity contribution in [2.24, 2.45) is 0 Å². The molecule has 0 spiro atoms. The van der Waals surface area contributed by atoms with Crippen molar-refractivity contribution in [3.8, 4) is 0 Å². The Hall–Kier alpha value is -1.94. The van der Waals surface area contributed by atoms with Crippen LogP contribution in [0, 0.1) is 5.82 Å². The van der Waals surface area contributed by atoms with Crippen LogP contribution in [0.1, 0.15) is 37.8 Å². The van der Waals surface area contributed by atoms with Crippen molar-refractivity contribution in [2.75, 3.05) is 18.0 Å². The number of nitrogens with one attached hydrogen (secondary N) is 1. The predicted octanol–water partition coefficient (Wildman–Crippen LogP) is 4.14. The Bertz CT molecular complexity index is 580. The fourth-order valence-electron chi connectivity index (χ4n) is 2.66. The minimum atomic E-state index is -0.136. The topological polar surface area (TPSA) is 28.2 Å². The number of hydrogen-bond acceptors (Lipinski definition) is 3. The van der Waals surface area contributed by atoms with Gasteiger partial charge in [-0.1, -0.05) is 26.0 Å². The van der Waals surface area contributed by atoms with Crippen LogP contribution in [0.5, 0.6) is 0 Å². The number of rotatable bonds is 9. The van der Waals surface area contributed by atoms with Crippen molar-refractivity contribution in [1.29, 1.82) is 0 Å². The summed E-state index contributed by atoms with van der Waals surface area (Å²) in [4.78, 5) is 6.24. The fourth-order valence-corrected chi connectivity index (χ4v) is 2.66. The van der Waals surface area contributed by atoms with Gasteiger partial charge in [-0.2, -0.15) is 0 Å². The van der Waals surface area contributed by atoms with Crippen LogP contribution in [0.2, 0.25) is 0 Å². The Labute approximate surface area is 138 Å². The molecular weight excluding hydrogens is 289 g/mol. The molecule has 0 aliphatic rings. The predicted molar refractivity (Wildman–Crippen MR) is 94.0 cm³/mol. The summed E-state index contributed by atoms with van der Waals surface area (Å²) in [5, 5.41) is 3.39. The summed E-state index contributed by atoms with van der Waals surface area (Å²) >= 11 is 0. The van der Waals surface area contributed by atoms with Crippen molar-refractivity contribution in [2.45, 2.75) is 39.8 Å². The molecule has 0 aliphatic heterocycles. The summed E-state index contributed by atoms with van der Waals surface area (Å²) in [5.41, 5.74) is 2.96. The van der Waals surface area contributed by atoms with E-state index in [0.717, 1.165) is 49.3 Å². The molecule has 1 heterocycles. The lowest BCUT2D eigenvalue weighted by Gasteiger charge is -2.25. The van der Waals surface area contributed by atoms with Crippen LogP contribution >= 0.6 is 0 Å². The molecule has 0 aliphatic carbocycles. The van der Waals surface area contributed by atoms with Crippen LogP contribution in [0.3, 0.4) is 0 Å². The van der Waals surface area contributed by atoms with Gasteiger partial charge in [-0.25, -0.2) is 4.39 Å². The fraction of sp³-hybridized carbons (Fsp3) is 0.421. The smallest absolute Gasteiger partial charge is 0.146 e. The van der Waals surface area contributed by atoms with Gasteiger partial charge in [-0.05, 0) is 42.2 Å². The van der Waals surface area contributed by atoms with E-state index in [2.05, 4.69) is 29.0 Å². The van der Waals surface area contributed by atoms with Gasteiger partial charge in [-0.15, -0.1) is 0 Å². The molecule has 0 fully saturated rings. The third-order valence-corrected chi connectivity index (χ3v) is 3.72. The lowest BCUT2D eigenvalue weighted by atomic mass is 10.1. The van der Waals surface area contributed by atoms with Gasteiger partial charge in [-0.3, -0.25) is 4.98 Å². The minimum Gasteiger partial charge on any atom is -0.369 e. The van der Waals surface area contributed by atoms with Gasteiger partial charge < -0.3 is 10.2 Å². The SMILES string of the molecule is CCCN(CCC)c1cc(CNCc2cccnc2)ccc1F. The molecular formula is C19H26FN3. The maximum atomic E-state index is 14.2. The molecule has 2 rings (SSSR count). The standard InChI is InChI=1S/C19H26FN3/c1-3-10-23(11-4-2)19-12-16(7-8-18(19)20)13-22-15-17-6-5-9-21-14-17/h5-9,12,14,22H,3-4,10-11,13,15H2,1-2H3. The van der Waals surface area contributed by atoms with Gasteiger partial charge >= 0.3 is 0 Å². The largest absolute Gasteiger partial charge is 0.369 e. The summed E-state index contributed by atoms with van der Waals surface area (Å²) in [6.45, 7) is 7.50. The number of benzene rings is 1. The van der Waals surface area contributed by atoms with Crippen molar-refractivity contribution in [3.63, 3.8) is 0 Å². The van der Waals surface area contributed by atoms with Crippen LogP contribution in [0.25, 0.3) is 0 Å². The van der Waals surface area contributed by atoms with E-state index in [1.54, 1.807) is 12.3 Å². The molecule has 4 heteroatoms. The monoisotopic (exact) mass is 315 g/mol. The Morgan fingerprint density at radius 2 is 1.78 bits per heavy atom. The summed E-state index contributed by atoms with van der Waals surface area (Å²) < 4.78 is 14.2. The molecule has 0 amide bonds. The van der Waals surface area contributed by atoms with E-state index in [4.69, 9.17) is 0 Å². The molecule has 0 bridgehead atoms. The van der Waals surface area contributed by atoms with Crippen molar-refractivity contribution >= 4 is 5.69 Å². The first-order valence-corrected chi connectivity index (χ1v) is 8.37. The summed E-state index contributed by atoms with van der Waals surface area (Å²) in [5.74, 6) is -0.136. The van der Waals surface area contributed by atoms with E-state index >= 15 is 0 Å². The molecule has 0 atom stereocenters. The second kappa shape index (κ2) is 9.26. The lowest BCUT2D eigenvalue weighted by Crippen LogP contribution is -2.26. The maximum absolute atomic E-state index is 14.2. The van der Waals surface area contributed by atoms with E-state index in [9.17, 15) is 4.39 Å². The van der Waals surface area contributed by atoms with Crippen LogP contribution in [0.15, 0.2) is 42.7 Å². The van der Waals surface area contributed by atoms with E-state index in [1.165, 1.54) is 0 Å². The summed E-state index contributed by atoms with van der Waals surface area (Å²) in [6.07, 6.45) is 5.66. The van der Waals surface area contributed by atoms with E-state index in [1.807, 2.05) is 30.5 Å². The molecule has 0 radical (unpaired) electrons. The van der Waals surface area contributed by atoms with Crippen molar-refractivity contribution in [1.82, 2.24) is 10.3 Å². The molecule has 3 nitrogen and oxygen atoms in total. The zero-order valence-corrected chi connectivity index (χ0v) is 14.1. The third-order valence-electron chi connectivity index (χ3n) is 3.72. The molecule has 0 saturated carbocycles. The molecule has 0 unspecified atom stereocenters. The Morgan fingerprint density at radius 3 is 2.43 bits per heavy atom. The summed E-state index contributed by atoms with van der Waals surface area (Å²) in [7, 11) is 0. The lowest BCUT2D eigenvalue weighted by molar-refractivity contribution is 0.610. The van der Waals surface area contributed by atoms with Gasteiger partial charge in [0.05, 0.1) is 5.69 Å². The van der Waals surface area contributed by atoms with Crippen molar-refractivity contribution < 1.29 is 4.39 Å². The van der Waals surface area contributed by atoms with Crippen LogP contribution in [-0.4, -0.2) is 18.1 Å². The zero-order chi connectivity index (χ0) is 16.5. The van der Waals surface area contributed by atoms with Crippen LogP contribution < -0.4 is 10.2 Å². The number of nitrogens with zero attached hydrogens (tertiary/aromatic N) is 2. The average Bonchev–Trinajstić information content (AvgIpc) is 2.57. The van der Waals surface area contributed by atoms with Gasteiger partial charge in [0.25, 0.3) is 0 Å². The molecule has 124 valence electrons. The maximum Gasteiger partial charge on any atom is 0.146 e. The van der Waals surface area contributed by atoms with Crippen molar-refractivity contribution in [3.05, 3.63) is 59.7 Å². The van der Waals surface area contributed by atoms with Gasteiger partial charge in [0.15, 0.2) is 0 Å². The second-order valence-electron chi connectivity index (χ2n) is 5.74. The molecule has 2 aromatic rings. The van der Waals surface area contributed by atoms with Gasteiger partial charge in [0.2, 0.25) is 0 Å². The number of hydrogen-bond donors (Lipinski definition) is 1. The molecule has 23 heavy (non-hydrogen) atoms. The zero-order valence-electron chi connectivity index (χ0n) is 14.1. The average molecular weight is 315 g/mol. The third kappa shape index (κ3) is 5.32. The van der Waals surface area contributed by atoms with Crippen LogP contribution in [0.4, 0.5) is 10.1 Å².